The van der Waals surface area contributed by atoms with Crippen LogP contribution < -0.4 is 0 Å². The normalized spacial score (nSPS) is 15.5. The third-order valence-electron chi connectivity index (χ3n) is 5.10. The Morgan fingerprint density at radius 2 is 1.96 bits per heavy atom. The van der Waals surface area contributed by atoms with Gasteiger partial charge in [-0.15, -0.1) is 11.7 Å². The van der Waals surface area contributed by atoms with Crippen LogP contribution in [-0.4, -0.2) is 40.4 Å². The van der Waals surface area contributed by atoms with Crippen molar-refractivity contribution >= 4 is 11.0 Å². The lowest BCUT2D eigenvalue weighted by Crippen LogP contribution is -2.34. The molecule has 1 aromatic heterocycles. The van der Waals surface area contributed by atoms with Gasteiger partial charge in [-0.3, -0.25) is 0 Å². The SMILES string of the molecule is C=CCCOC(C)(C)CC(C)CC(C)(COCC)Cn1nnc2ccccc21. The number of benzene rings is 1. The fourth-order valence-corrected chi connectivity index (χ4v) is 4.14. The van der Waals surface area contributed by atoms with Gasteiger partial charge in [-0.25, -0.2) is 4.68 Å². The molecular formula is C23H37N3O2. The van der Waals surface area contributed by atoms with Crippen molar-refractivity contribution in [1.29, 1.82) is 0 Å². The third kappa shape index (κ3) is 6.71. The quantitative estimate of drug-likeness (QED) is 0.347. The molecule has 2 unspecified atom stereocenters. The summed E-state index contributed by atoms with van der Waals surface area (Å²) in [7, 11) is 0. The lowest BCUT2D eigenvalue weighted by molar-refractivity contribution is -0.0390. The Labute approximate surface area is 170 Å². The first-order valence-corrected chi connectivity index (χ1v) is 10.4. The number of aromatic nitrogens is 3. The molecule has 5 nitrogen and oxygen atoms in total. The molecule has 28 heavy (non-hydrogen) atoms. The first-order valence-electron chi connectivity index (χ1n) is 10.4. The van der Waals surface area contributed by atoms with E-state index in [4.69, 9.17) is 9.47 Å². The van der Waals surface area contributed by atoms with E-state index in [0.29, 0.717) is 12.5 Å². The largest absolute Gasteiger partial charge is 0.381 e. The lowest BCUT2D eigenvalue weighted by atomic mass is 9.78. The van der Waals surface area contributed by atoms with Crippen LogP contribution in [0.15, 0.2) is 36.9 Å². The van der Waals surface area contributed by atoms with E-state index in [2.05, 4.69) is 50.7 Å². The van der Waals surface area contributed by atoms with E-state index in [1.165, 1.54) is 0 Å². The molecule has 0 spiro atoms. The molecule has 0 amide bonds. The first-order chi connectivity index (χ1) is 13.3. The number of hydrogen-bond acceptors (Lipinski definition) is 4. The molecule has 0 fully saturated rings. The van der Waals surface area contributed by atoms with Gasteiger partial charge in [-0.1, -0.05) is 37.3 Å². The molecule has 0 saturated carbocycles. The molecule has 2 rings (SSSR count). The standard InChI is InChI=1S/C23H37N3O2/c1-7-9-14-28-22(4,5)15-19(3)16-23(6,18-27-8-2)17-26-21-13-11-10-12-20(21)24-25-26/h7,10-13,19H,1,8-9,14-18H2,2-6H3. The fourth-order valence-electron chi connectivity index (χ4n) is 4.14. The van der Waals surface area contributed by atoms with Crippen molar-refractivity contribution in [3.8, 4) is 0 Å². The molecule has 2 atom stereocenters. The zero-order valence-corrected chi connectivity index (χ0v) is 18.3. The van der Waals surface area contributed by atoms with Crippen LogP contribution in [0.1, 0.15) is 53.9 Å². The van der Waals surface area contributed by atoms with Crippen molar-refractivity contribution in [1.82, 2.24) is 15.0 Å². The van der Waals surface area contributed by atoms with Crippen molar-refractivity contribution in [2.45, 2.75) is 66.0 Å². The van der Waals surface area contributed by atoms with Crippen LogP contribution >= 0.6 is 0 Å². The summed E-state index contributed by atoms with van der Waals surface area (Å²) in [6, 6.07) is 8.12. The van der Waals surface area contributed by atoms with Crippen molar-refractivity contribution < 1.29 is 9.47 Å². The van der Waals surface area contributed by atoms with Crippen molar-refractivity contribution in [3.63, 3.8) is 0 Å². The summed E-state index contributed by atoms with van der Waals surface area (Å²) in [6.07, 6.45) is 4.83. The van der Waals surface area contributed by atoms with Crippen LogP contribution in [0, 0.1) is 11.3 Å². The summed E-state index contributed by atoms with van der Waals surface area (Å²) < 4.78 is 14.0. The Hall–Kier alpha value is -1.72. The zero-order chi connectivity index (χ0) is 20.6. The number of nitrogens with zero attached hydrogens (tertiary/aromatic N) is 3. The van der Waals surface area contributed by atoms with Crippen LogP contribution in [0.3, 0.4) is 0 Å². The molecular weight excluding hydrogens is 350 g/mol. The van der Waals surface area contributed by atoms with Gasteiger partial charge >= 0.3 is 0 Å². The number of rotatable bonds is 13. The Balaban J connectivity index is 2.07. The van der Waals surface area contributed by atoms with E-state index in [1.807, 2.05) is 35.9 Å². The molecule has 0 N–H and O–H groups in total. The zero-order valence-electron chi connectivity index (χ0n) is 18.3. The first kappa shape index (κ1) is 22.6. The van der Waals surface area contributed by atoms with Crippen LogP contribution in [0.2, 0.25) is 0 Å². The molecule has 2 aromatic rings. The Morgan fingerprint density at radius 3 is 2.68 bits per heavy atom. The molecule has 0 aliphatic carbocycles. The molecule has 0 saturated heterocycles. The van der Waals surface area contributed by atoms with Crippen LogP contribution in [0.5, 0.6) is 0 Å². The second kappa shape index (κ2) is 10.2. The smallest absolute Gasteiger partial charge is 0.113 e. The van der Waals surface area contributed by atoms with Gasteiger partial charge in [0, 0.05) is 12.0 Å². The number of hydrogen-bond donors (Lipinski definition) is 0. The van der Waals surface area contributed by atoms with E-state index in [1.54, 1.807) is 0 Å². The average molecular weight is 388 g/mol. The highest BCUT2D eigenvalue weighted by Gasteiger charge is 2.31. The number of fused-ring (bicyclic) bond motifs is 1. The van der Waals surface area contributed by atoms with Gasteiger partial charge < -0.3 is 9.47 Å². The minimum Gasteiger partial charge on any atom is -0.381 e. The summed E-state index contributed by atoms with van der Waals surface area (Å²) in [5.74, 6) is 0.499. The highest BCUT2D eigenvalue weighted by Crippen LogP contribution is 2.34. The predicted molar refractivity (Wildman–Crippen MR) is 115 cm³/mol. The van der Waals surface area contributed by atoms with Gasteiger partial charge in [-0.05, 0) is 58.1 Å². The maximum atomic E-state index is 6.07. The summed E-state index contributed by atoms with van der Waals surface area (Å²) in [5.41, 5.74) is 1.84. The molecule has 0 aliphatic rings. The molecule has 1 heterocycles. The molecule has 0 bridgehead atoms. The highest BCUT2D eigenvalue weighted by atomic mass is 16.5. The molecule has 0 radical (unpaired) electrons. The maximum Gasteiger partial charge on any atom is 0.113 e. The van der Waals surface area contributed by atoms with Gasteiger partial charge in [0.1, 0.15) is 5.52 Å². The van der Waals surface area contributed by atoms with E-state index < -0.39 is 0 Å². The van der Waals surface area contributed by atoms with Gasteiger partial charge in [-0.2, -0.15) is 0 Å². The minimum atomic E-state index is -0.144. The van der Waals surface area contributed by atoms with E-state index in [0.717, 1.165) is 50.1 Å². The van der Waals surface area contributed by atoms with E-state index in [9.17, 15) is 0 Å². The monoisotopic (exact) mass is 387 g/mol. The van der Waals surface area contributed by atoms with Crippen LogP contribution in [-0.2, 0) is 16.0 Å². The van der Waals surface area contributed by atoms with E-state index in [-0.39, 0.29) is 11.0 Å². The summed E-state index contributed by atoms with van der Waals surface area (Å²) in [6.45, 7) is 17.7. The predicted octanol–water partition coefficient (Wildman–Crippen LogP) is 5.26. The van der Waals surface area contributed by atoms with Gasteiger partial charge in [0.25, 0.3) is 0 Å². The lowest BCUT2D eigenvalue weighted by Gasteiger charge is -2.35. The summed E-state index contributed by atoms with van der Waals surface area (Å²) >= 11 is 0. The Kier molecular flexibility index (Phi) is 8.20. The highest BCUT2D eigenvalue weighted by molar-refractivity contribution is 5.73. The second-order valence-electron chi connectivity index (χ2n) is 8.88. The van der Waals surface area contributed by atoms with Gasteiger partial charge in [0.15, 0.2) is 0 Å². The fraction of sp³-hybridized carbons (Fsp3) is 0.652. The van der Waals surface area contributed by atoms with Crippen LogP contribution in [0.4, 0.5) is 0 Å². The second-order valence-corrected chi connectivity index (χ2v) is 8.88. The van der Waals surface area contributed by atoms with Crippen molar-refractivity contribution in [3.05, 3.63) is 36.9 Å². The topological polar surface area (TPSA) is 49.2 Å². The average Bonchev–Trinajstić information content (AvgIpc) is 3.02. The maximum absolute atomic E-state index is 6.07. The molecule has 1 aromatic carbocycles. The van der Waals surface area contributed by atoms with Crippen molar-refractivity contribution in [2.24, 2.45) is 11.3 Å². The van der Waals surface area contributed by atoms with Crippen LogP contribution in [0.25, 0.3) is 11.0 Å². The number of para-hydroxylation sites is 1. The van der Waals surface area contributed by atoms with Gasteiger partial charge in [0.05, 0.1) is 30.9 Å². The third-order valence-corrected chi connectivity index (χ3v) is 5.10. The van der Waals surface area contributed by atoms with E-state index >= 15 is 0 Å². The summed E-state index contributed by atoms with van der Waals surface area (Å²) in [5, 5.41) is 8.70. The van der Waals surface area contributed by atoms with Gasteiger partial charge in [0.2, 0.25) is 0 Å². The molecule has 156 valence electrons. The molecule has 5 heteroatoms. The Morgan fingerprint density at radius 1 is 1.21 bits per heavy atom. The van der Waals surface area contributed by atoms with Crippen molar-refractivity contribution in [2.75, 3.05) is 19.8 Å². The minimum absolute atomic E-state index is 0.0247. The number of ether oxygens (including phenoxy) is 2. The summed E-state index contributed by atoms with van der Waals surface area (Å²) in [4.78, 5) is 0. The Bertz CT molecular complexity index is 740. The molecule has 0 aliphatic heterocycles.